The van der Waals surface area contributed by atoms with Crippen LogP contribution in [0.25, 0.3) is 0 Å². The summed E-state index contributed by atoms with van der Waals surface area (Å²) >= 11 is 0. The van der Waals surface area contributed by atoms with E-state index in [-0.39, 0.29) is 11.5 Å². The van der Waals surface area contributed by atoms with Crippen LogP contribution in [0.4, 0.5) is 10.1 Å². The van der Waals surface area contributed by atoms with Crippen molar-refractivity contribution in [2.24, 2.45) is 11.8 Å². The summed E-state index contributed by atoms with van der Waals surface area (Å²) in [6, 6.07) is 4.12. The summed E-state index contributed by atoms with van der Waals surface area (Å²) < 4.78 is 41.0. The van der Waals surface area contributed by atoms with E-state index in [1.807, 2.05) is 0 Å². The Morgan fingerprint density at radius 3 is 2.52 bits per heavy atom. The van der Waals surface area contributed by atoms with E-state index in [9.17, 15) is 17.6 Å². The zero-order valence-corrected chi connectivity index (χ0v) is 14.1. The first-order valence-electron chi connectivity index (χ1n) is 7.81. The second kappa shape index (κ2) is 5.78. The molecule has 1 N–H and O–H groups in total. The normalized spacial score (nSPS) is 26.3. The van der Waals surface area contributed by atoms with Crippen molar-refractivity contribution in [1.29, 1.82) is 0 Å². The zero-order valence-electron chi connectivity index (χ0n) is 13.3. The third-order valence-electron chi connectivity index (χ3n) is 5.02. The Labute approximate surface area is 135 Å². The van der Waals surface area contributed by atoms with Gasteiger partial charge in [0.2, 0.25) is 10.0 Å². The number of sulfonamides is 1. The molecule has 2 fully saturated rings. The van der Waals surface area contributed by atoms with Crippen LogP contribution >= 0.6 is 0 Å². The summed E-state index contributed by atoms with van der Waals surface area (Å²) in [4.78, 5) is 13.9. The molecule has 0 aliphatic heterocycles. The van der Waals surface area contributed by atoms with E-state index in [0.717, 1.165) is 19.3 Å². The molecule has 3 atom stereocenters. The van der Waals surface area contributed by atoms with Crippen LogP contribution in [0.1, 0.15) is 36.0 Å². The molecule has 0 saturated heterocycles. The topological polar surface area (TPSA) is 66.5 Å². The average molecular weight is 340 g/mol. The minimum atomic E-state index is -3.76. The lowest BCUT2D eigenvalue weighted by atomic mass is 10.0. The molecule has 2 aliphatic carbocycles. The van der Waals surface area contributed by atoms with Gasteiger partial charge in [0, 0.05) is 19.8 Å². The summed E-state index contributed by atoms with van der Waals surface area (Å²) in [5, 5.41) is -0.519. The summed E-state index contributed by atoms with van der Waals surface area (Å²) in [7, 11) is -0.242. The van der Waals surface area contributed by atoms with E-state index < -0.39 is 27.0 Å². The van der Waals surface area contributed by atoms with Gasteiger partial charge in [-0.25, -0.2) is 17.5 Å². The van der Waals surface area contributed by atoms with Crippen LogP contribution in [0, 0.1) is 17.7 Å². The van der Waals surface area contributed by atoms with Crippen LogP contribution in [0.3, 0.4) is 0 Å². The number of anilines is 1. The van der Waals surface area contributed by atoms with E-state index in [1.54, 1.807) is 25.1 Å². The number of benzene rings is 1. The van der Waals surface area contributed by atoms with Crippen molar-refractivity contribution in [3.63, 3.8) is 0 Å². The van der Waals surface area contributed by atoms with Crippen LogP contribution < -0.4 is 9.62 Å². The molecule has 1 unspecified atom stereocenters. The molecule has 3 rings (SSSR count). The van der Waals surface area contributed by atoms with Gasteiger partial charge in [-0.15, -0.1) is 0 Å². The van der Waals surface area contributed by atoms with Crippen LogP contribution in [0.2, 0.25) is 0 Å². The summed E-state index contributed by atoms with van der Waals surface area (Å²) in [5.74, 6) is -1.04. The van der Waals surface area contributed by atoms with Crippen molar-refractivity contribution in [2.45, 2.75) is 30.9 Å². The molecule has 126 valence electrons. The first kappa shape index (κ1) is 16.2. The smallest absolute Gasteiger partial charge is 0.267 e. The van der Waals surface area contributed by atoms with Crippen LogP contribution in [-0.4, -0.2) is 33.7 Å². The molecule has 1 amide bonds. The Morgan fingerprint density at radius 2 is 2.00 bits per heavy atom. The lowest BCUT2D eigenvalue weighted by molar-refractivity contribution is 0.0977. The number of rotatable bonds is 4. The third-order valence-corrected chi connectivity index (χ3v) is 6.86. The van der Waals surface area contributed by atoms with Gasteiger partial charge in [0.05, 0.1) is 10.8 Å². The fourth-order valence-corrected chi connectivity index (χ4v) is 5.59. The molecule has 0 aromatic heterocycles. The molecule has 2 saturated carbocycles. The number of hydrogen-bond acceptors (Lipinski definition) is 4. The van der Waals surface area contributed by atoms with Crippen molar-refractivity contribution >= 4 is 21.6 Å². The van der Waals surface area contributed by atoms with Gasteiger partial charge in [-0.1, -0.05) is 6.42 Å². The summed E-state index contributed by atoms with van der Waals surface area (Å²) in [6.07, 6.45) is 3.50. The fourth-order valence-electron chi connectivity index (χ4n) is 3.79. The number of hydrogen-bond donors (Lipinski definition) is 1. The highest BCUT2D eigenvalue weighted by Gasteiger charge is 2.46. The highest BCUT2D eigenvalue weighted by molar-refractivity contribution is 7.90. The van der Waals surface area contributed by atoms with Crippen molar-refractivity contribution < 1.29 is 17.6 Å². The predicted octanol–water partition coefficient (Wildman–Crippen LogP) is 2.14. The molecule has 1 aromatic carbocycles. The van der Waals surface area contributed by atoms with Gasteiger partial charge in [0.1, 0.15) is 5.82 Å². The van der Waals surface area contributed by atoms with Crippen molar-refractivity contribution in [2.75, 3.05) is 19.0 Å². The van der Waals surface area contributed by atoms with Crippen LogP contribution in [0.15, 0.2) is 18.2 Å². The maximum absolute atomic E-state index is 14.1. The molecule has 0 radical (unpaired) electrons. The number of amides is 1. The minimum absolute atomic E-state index is 0.131. The molecule has 1 aromatic rings. The van der Waals surface area contributed by atoms with Gasteiger partial charge in [0.15, 0.2) is 0 Å². The number of carbonyl (C=O) groups is 1. The molecule has 2 bridgehead atoms. The highest BCUT2D eigenvalue weighted by Crippen LogP contribution is 2.47. The summed E-state index contributed by atoms with van der Waals surface area (Å²) in [5.41, 5.74) is 0.359. The van der Waals surface area contributed by atoms with Crippen LogP contribution in [0.5, 0.6) is 0 Å². The molecule has 7 heteroatoms. The van der Waals surface area contributed by atoms with E-state index in [1.165, 1.54) is 12.1 Å². The first-order chi connectivity index (χ1) is 10.8. The zero-order chi connectivity index (χ0) is 16.8. The van der Waals surface area contributed by atoms with Crippen molar-refractivity contribution in [1.82, 2.24) is 4.72 Å². The molecule has 0 spiro atoms. The van der Waals surface area contributed by atoms with Crippen LogP contribution in [-0.2, 0) is 10.0 Å². The number of fused-ring (bicyclic) bond motifs is 2. The summed E-state index contributed by atoms with van der Waals surface area (Å²) in [6.45, 7) is 0. The molecule has 0 heterocycles. The maximum Gasteiger partial charge on any atom is 0.267 e. The quantitative estimate of drug-likeness (QED) is 0.912. The Balaban J connectivity index is 1.76. The second-order valence-electron chi connectivity index (χ2n) is 6.75. The maximum atomic E-state index is 14.1. The number of nitrogens with zero attached hydrogens (tertiary/aromatic N) is 1. The standard InChI is InChI=1S/C16H21FN2O3S/c1-19(2)12-5-6-13(14(17)9-12)16(20)18-23(21,22)15-8-10-3-4-11(15)7-10/h5-6,9-11,15H,3-4,7-8H2,1-2H3,(H,18,20)/t10-,11+,15?/m1/s1. The van der Waals surface area contributed by atoms with Gasteiger partial charge < -0.3 is 4.90 Å². The Morgan fingerprint density at radius 1 is 1.26 bits per heavy atom. The second-order valence-corrected chi connectivity index (χ2v) is 8.65. The SMILES string of the molecule is CN(C)c1ccc(C(=O)NS(=O)(=O)C2C[C@@H]3CC[C@H]2C3)c(F)c1. The van der Waals surface area contributed by atoms with Crippen molar-refractivity contribution in [3.05, 3.63) is 29.6 Å². The van der Waals surface area contributed by atoms with E-state index >= 15 is 0 Å². The number of carbonyl (C=O) groups excluding carboxylic acids is 1. The molecular formula is C16H21FN2O3S. The van der Waals surface area contributed by atoms with Crippen molar-refractivity contribution in [3.8, 4) is 0 Å². The molecular weight excluding hydrogens is 319 g/mol. The number of nitrogens with one attached hydrogen (secondary N) is 1. The number of halogens is 1. The lowest BCUT2D eigenvalue weighted by Gasteiger charge is -2.22. The van der Waals surface area contributed by atoms with E-state index in [4.69, 9.17) is 0 Å². The Bertz CT molecular complexity index is 733. The Hall–Kier alpha value is -1.63. The highest BCUT2D eigenvalue weighted by atomic mass is 32.2. The molecule has 2 aliphatic rings. The Kier molecular flexibility index (Phi) is 4.08. The van der Waals surface area contributed by atoms with E-state index in [0.29, 0.717) is 18.0 Å². The van der Waals surface area contributed by atoms with Gasteiger partial charge in [-0.2, -0.15) is 0 Å². The van der Waals surface area contributed by atoms with Gasteiger partial charge in [0.25, 0.3) is 5.91 Å². The first-order valence-corrected chi connectivity index (χ1v) is 9.35. The van der Waals surface area contributed by atoms with Gasteiger partial charge in [-0.05, 0) is 49.3 Å². The lowest BCUT2D eigenvalue weighted by Crippen LogP contribution is -2.41. The third kappa shape index (κ3) is 3.06. The largest absolute Gasteiger partial charge is 0.378 e. The van der Waals surface area contributed by atoms with Gasteiger partial charge in [-0.3, -0.25) is 4.79 Å². The monoisotopic (exact) mass is 340 g/mol. The van der Waals surface area contributed by atoms with Gasteiger partial charge >= 0.3 is 0 Å². The minimum Gasteiger partial charge on any atom is -0.378 e. The fraction of sp³-hybridized carbons (Fsp3) is 0.562. The predicted molar refractivity (Wildman–Crippen MR) is 86.3 cm³/mol. The molecule has 5 nitrogen and oxygen atoms in total. The average Bonchev–Trinajstić information content (AvgIpc) is 3.09. The molecule has 23 heavy (non-hydrogen) atoms. The van der Waals surface area contributed by atoms with E-state index in [2.05, 4.69) is 4.72 Å².